The van der Waals surface area contributed by atoms with Crippen molar-refractivity contribution in [3.8, 4) is 11.5 Å². The summed E-state index contributed by atoms with van der Waals surface area (Å²) in [5.74, 6) is 1.76. The van der Waals surface area contributed by atoms with Crippen molar-refractivity contribution in [2.24, 2.45) is 0 Å². The summed E-state index contributed by atoms with van der Waals surface area (Å²) >= 11 is 0. The fourth-order valence-electron chi connectivity index (χ4n) is 1.50. The molecule has 0 saturated heterocycles. The maximum Gasteiger partial charge on any atom is 0.120 e. The zero-order chi connectivity index (χ0) is 13.2. The van der Waals surface area contributed by atoms with E-state index in [0.29, 0.717) is 0 Å². The van der Waals surface area contributed by atoms with Crippen LogP contribution >= 0.6 is 0 Å². The molecule has 0 spiro atoms. The number of benzene rings is 1. The van der Waals surface area contributed by atoms with Crippen molar-refractivity contribution in [2.75, 3.05) is 19.7 Å². The van der Waals surface area contributed by atoms with Crippen molar-refractivity contribution in [3.05, 3.63) is 36.9 Å². The van der Waals surface area contributed by atoms with Gasteiger partial charge in [0.2, 0.25) is 0 Å². The molecule has 0 aliphatic carbocycles. The Morgan fingerprint density at radius 1 is 1.28 bits per heavy atom. The van der Waals surface area contributed by atoms with E-state index in [1.807, 2.05) is 37.3 Å². The molecule has 0 saturated carbocycles. The first-order chi connectivity index (χ1) is 8.76. The highest BCUT2D eigenvalue weighted by molar-refractivity contribution is 5.31. The van der Waals surface area contributed by atoms with Crippen LogP contribution in [0, 0.1) is 0 Å². The van der Waals surface area contributed by atoms with E-state index in [-0.39, 0.29) is 6.10 Å². The Morgan fingerprint density at radius 3 is 2.56 bits per heavy atom. The van der Waals surface area contributed by atoms with E-state index in [0.717, 1.165) is 37.6 Å². The van der Waals surface area contributed by atoms with Gasteiger partial charge in [-0.15, -0.1) is 6.58 Å². The molecular weight excluding hydrogens is 226 g/mol. The van der Waals surface area contributed by atoms with E-state index in [1.54, 1.807) is 0 Å². The molecule has 18 heavy (non-hydrogen) atoms. The molecule has 3 nitrogen and oxygen atoms in total. The lowest BCUT2D eigenvalue weighted by molar-refractivity contribution is 0.218. The summed E-state index contributed by atoms with van der Waals surface area (Å²) in [6.07, 6.45) is 2.99. The fraction of sp³-hybridized carbons (Fsp3) is 0.467. The molecule has 0 heterocycles. The number of hydrogen-bond donors (Lipinski definition) is 1. The average molecular weight is 249 g/mol. The monoisotopic (exact) mass is 249 g/mol. The minimum absolute atomic E-state index is 0.132. The topological polar surface area (TPSA) is 30.5 Å². The maximum absolute atomic E-state index is 5.77. The highest BCUT2D eigenvalue weighted by Crippen LogP contribution is 2.18. The summed E-state index contributed by atoms with van der Waals surface area (Å²) in [7, 11) is 0. The molecule has 0 aliphatic heterocycles. The average Bonchev–Trinajstić information content (AvgIpc) is 2.38. The molecule has 0 aliphatic rings. The molecule has 1 aromatic carbocycles. The van der Waals surface area contributed by atoms with E-state index < -0.39 is 0 Å². The Bertz CT molecular complexity index is 335. The Balaban J connectivity index is 2.35. The second kappa shape index (κ2) is 8.59. The van der Waals surface area contributed by atoms with Crippen molar-refractivity contribution >= 4 is 0 Å². The standard InChI is InChI=1S/C15H23NO2/c1-4-10-16-12-13(3)18-15-8-6-14(7-9-15)17-11-5-2/h4,6-9,13,16H,1,5,10-12H2,2-3H3. The van der Waals surface area contributed by atoms with Gasteiger partial charge in [-0.2, -0.15) is 0 Å². The fourth-order valence-corrected chi connectivity index (χ4v) is 1.50. The van der Waals surface area contributed by atoms with Crippen molar-refractivity contribution in [1.82, 2.24) is 5.32 Å². The van der Waals surface area contributed by atoms with Crippen molar-refractivity contribution < 1.29 is 9.47 Å². The summed E-state index contributed by atoms with van der Waals surface area (Å²) < 4.78 is 11.3. The molecule has 0 aromatic heterocycles. The van der Waals surface area contributed by atoms with E-state index in [9.17, 15) is 0 Å². The van der Waals surface area contributed by atoms with Crippen LogP contribution in [-0.2, 0) is 0 Å². The van der Waals surface area contributed by atoms with Gasteiger partial charge >= 0.3 is 0 Å². The van der Waals surface area contributed by atoms with Crippen LogP contribution in [0.2, 0.25) is 0 Å². The van der Waals surface area contributed by atoms with Crippen molar-refractivity contribution in [2.45, 2.75) is 26.4 Å². The highest BCUT2D eigenvalue weighted by atomic mass is 16.5. The third-order valence-corrected chi connectivity index (χ3v) is 2.35. The van der Waals surface area contributed by atoms with Crippen LogP contribution in [0.3, 0.4) is 0 Å². The Labute approximate surface area is 110 Å². The number of rotatable bonds is 9. The van der Waals surface area contributed by atoms with Crippen molar-refractivity contribution in [1.29, 1.82) is 0 Å². The lowest BCUT2D eigenvalue weighted by Gasteiger charge is -2.15. The van der Waals surface area contributed by atoms with Gasteiger partial charge in [0.25, 0.3) is 0 Å². The predicted molar refractivity (Wildman–Crippen MR) is 75.4 cm³/mol. The lowest BCUT2D eigenvalue weighted by Crippen LogP contribution is -2.28. The lowest BCUT2D eigenvalue weighted by atomic mass is 10.3. The van der Waals surface area contributed by atoms with Crippen LogP contribution in [0.4, 0.5) is 0 Å². The van der Waals surface area contributed by atoms with Gasteiger partial charge in [0, 0.05) is 13.1 Å². The quantitative estimate of drug-likeness (QED) is 0.539. The van der Waals surface area contributed by atoms with Crippen LogP contribution in [0.5, 0.6) is 11.5 Å². The van der Waals surface area contributed by atoms with Gasteiger partial charge in [-0.05, 0) is 37.6 Å². The third kappa shape index (κ3) is 5.73. The van der Waals surface area contributed by atoms with Gasteiger partial charge < -0.3 is 14.8 Å². The van der Waals surface area contributed by atoms with Crippen LogP contribution < -0.4 is 14.8 Å². The molecule has 1 aromatic rings. The SMILES string of the molecule is C=CCNCC(C)Oc1ccc(OCCC)cc1. The molecule has 1 unspecified atom stereocenters. The van der Waals surface area contributed by atoms with Gasteiger partial charge in [0.15, 0.2) is 0 Å². The number of ether oxygens (including phenoxy) is 2. The van der Waals surface area contributed by atoms with Gasteiger partial charge in [-0.3, -0.25) is 0 Å². The van der Waals surface area contributed by atoms with Crippen LogP contribution in [0.15, 0.2) is 36.9 Å². The summed E-state index contributed by atoms with van der Waals surface area (Å²) in [5.41, 5.74) is 0. The minimum Gasteiger partial charge on any atom is -0.494 e. The van der Waals surface area contributed by atoms with Crippen LogP contribution in [0.1, 0.15) is 20.3 Å². The normalized spacial score (nSPS) is 11.9. The summed E-state index contributed by atoms with van der Waals surface area (Å²) in [4.78, 5) is 0. The molecule has 0 bridgehead atoms. The van der Waals surface area contributed by atoms with Gasteiger partial charge in [-0.1, -0.05) is 13.0 Å². The first kappa shape index (κ1) is 14.6. The Morgan fingerprint density at radius 2 is 1.94 bits per heavy atom. The zero-order valence-corrected chi connectivity index (χ0v) is 11.3. The van der Waals surface area contributed by atoms with Crippen LogP contribution in [0.25, 0.3) is 0 Å². The highest BCUT2D eigenvalue weighted by Gasteiger charge is 2.03. The third-order valence-electron chi connectivity index (χ3n) is 2.35. The second-order valence-electron chi connectivity index (χ2n) is 4.20. The summed E-state index contributed by atoms with van der Waals surface area (Å²) in [5, 5.41) is 3.23. The van der Waals surface area contributed by atoms with Gasteiger partial charge in [0.1, 0.15) is 17.6 Å². The van der Waals surface area contributed by atoms with E-state index >= 15 is 0 Å². The van der Waals surface area contributed by atoms with E-state index in [2.05, 4.69) is 18.8 Å². The second-order valence-corrected chi connectivity index (χ2v) is 4.20. The van der Waals surface area contributed by atoms with Gasteiger partial charge in [0.05, 0.1) is 6.61 Å². The molecule has 1 rings (SSSR count). The Hall–Kier alpha value is -1.48. The Kier molecular flexibility index (Phi) is 6.96. The molecule has 0 radical (unpaired) electrons. The van der Waals surface area contributed by atoms with Gasteiger partial charge in [-0.25, -0.2) is 0 Å². The molecule has 3 heteroatoms. The van der Waals surface area contributed by atoms with E-state index in [4.69, 9.17) is 9.47 Å². The molecule has 0 fully saturated rings. The first-order valence-corrected chi connectivity index (χ1v) is 6.47. The molecular formula is C15H23NO2. The van der Waals surface area contributed by atoms with E-state index in [1.165, 1.54) is 0 Å². The molecule has 1 atom stereocenters. The van der Waals surface area contributed by atoms with Crippen LogP contribution in [-0.4, -0.2) is 25.8 Å². The predicted octanol–water partition coefficient (Wildman–Crippen LogP) is 3.02. The van der Waals surface area contributed by atoms with Crippen molar-refractivity contribution in [3.63, 3.8) is 0 Å². The minimum atomic E-state index is 0.132. The maximum atomic E-state index is 5.77. The first-order valence-electron chi connectivity index (χ1n) is 6.47. The molecule has 1 N–H and O–H groups in total. The largest absolute Gasteiger partial charge is 0.494 e. The molecule has 0 amide bonds. The zero-order valence-electron chi connectivity index (χ0n) is 11.3. The molecule has 100 valence electrons. The number of hydrogen-bond acceptors (Lipinski definition) is 3. The smallest absolute Gasteiger partial charge is 0.120 e. The summed E-state index contributed by atoms with van der Waals surface area (Å²) in [6.45, 7) is 10.2. The summed E-state index contributed by atoms with van der Waals surface area (Å²) in [6, 6.07) is 7.76. The number of nitrogens with one attached hydrogen (secondary N) is 1.